The van der Waals surface area contributed by atoms with Crippen LogP contribution in [0.2, 0.25) is 5.15 Å². The molecule has 0 saturated carbocycles. The molecule has 0 unspecified atom stereocenters. The molecule has 0 bridgehead atoms. The minimum atomic E-state index is -4.74. The van der Waals surface area contributed by atoms with Crippen LogP contribution in [0.3, 0.4) is 0 Å². The van der Waals surface area contributed by atoms with Gasteiger partial charge in [0.15, 0.2) is 5.82 Å². The van der Waals surface area contributed by atoms with Crippen LogP contribution in [0.25, 0.3) is 11.4 Å². The molecule has 0 amide bonds. The van der Waals surface area contributed by atoms with E-state index in [1.165, 1.54) is 18.2 Å². The summed E-state index contributed by atoms with van der Waals surface area (Å²) < 4.78 is 41.1. The molecule has 8 heteroatoms. The Morgan fingerprint density at radius 1 is 1.29 bits per heavy atom. The number of hydrogen-bond acceptors (Lipinski definition) is 3. The average Bonchev–Trinajstić information content (AvgIpc) is 2.40. The van der Waals surface area contributed by atoms with Crippen molar-refractivity contribution in [1.82, 2.24) is 9.97 Å². The van der Waals surface area contributed by atoms with Crippen molar-refractivity contribution in [3.05, 3.63) is 39.6 Å². The zero-order valence-corrected chi connectivity index (χ0v) is 13.1. The number of rotatable bonds is 3. The Hall–Kier alpha value is -1.34. The number of aryl methyl sites for hydroxylation is 1. The van der Waals surface area contributed by atoms with Crippen LogP contribution in [0.1, 0.15) is 12.6 Å². The van der Waals surface area contributed by atoms with E-state index in [1.54, 1.807) is 6.07 Å². The molecule has 0 radical (unpaired) electrons. The summed E-state index contributed by atoms with van der Waals surface area (Å²) in [7, 11) is 0. The Bertz CT molecular complexity index is 664. The molecule has 0 aliphatic carbocycles. The smallest absolute Gasteiger partial charge is 0.406 e. The lowest BCUT2D eigenvalue weighted by Gasteiger charge is -2.10. The van der Waals surface area contributed by atoms with Crippen molar-refractivity contribution in [2.24, 2.45) is 0 Å². The first-order valence-electron chi connectivity index (χ1n) is 5.88. The summed E-state index contributed by atoms with van der Waals surface area (Å²) in [4.78, 5) is 8.34. The number of ether oxygens (including phenoxy) is 1. The number of aromatic nitrogens is 2. The van der Waals surface area contributed by atoms with Crippen molar-refractivity contribution < 1.29 is 17.9 Å². The average molecular weight is 382 g/mol. The Balaban J connectivity index is 2.43. The molecule has 0 fully saturated rings. The predicted octanol–water partition coefficient (Wildman–Crippen LogP) is 5.02. The monoisotopic (exact) mass is 380 g/mol. The Morgan fingerprint density at radius 3 is 2.62 bits per heavy atom. The van der Waals surface area contributed by atoms with E-state index in [9.17, 15) is 13.2 Å². The van der Waals surface area contributed by atoms with Gasteiger partial charge in [-0.2, -0.15) is 0 Å². The first-order valence-corrected chi connectivity index (χ1v) is 7.05. The van der Waals surface area contributed by atoms with E-state index < -0.39 is 6.36 Å². The van der Waals surface area contributed by atoms with Gasteiger partial charge in [0, 0.05) is 5.56 Å². The van der Waals surface area contributed by atoms with Gasteiger partial charge in [-0.15, -0.1) is 13.2 Å². The van der Waals surface area contributed by atoms with Gasteiger partial charge in [-0.1, -0.05) is 30.7 Å². The minimum absolute atomic E-state index is 0.207. The summed E-state index contributed by atoms with van der Waals surface area (Å²) in [5.41, 5.74) is 1.06. The van der Waals surface area contributed by atoms with Gasteiger partial charge in [0.1, 0.15) is 10.9 Å². The largest absolute Gasteiger partial charge is 0.573 e. The van der Waals surface area contributed by atoms with Crippen LogP contribution < -0.4 is 4.74 Å². The molecule has 2 rings (SSSR count). The molecular formula is C13H9BrClF3N2O. The van der Waals surface area contributed by atoms with E-state index in [4.69, 9.17) is 11.6 Å². The molecule has 1 aromatic carbocycles. The van der Waals surface area contributed by atoms with Crippen LogP contribution >= 0.6 is 27.5 Å². The Morgan fingerprint density at radius 2 is 2.00 bits per heavy atom. The van der Waals surface area contributed by atoms with Crippen molar-refractivity contribution >= 4 is 27.5 Å². The number of benzene rings is 1. The van der Waals surface area contributed by atoms with E-state index in [1.807, 2.05) is 6.92 Å². The van der Waals surface area contributed by atoms with Crippen molar-refractivity contribution in [3.63, 3.8) is 0 Å². The van der Waals surface area contributed by atoms with Crippen molar-refractivity contribution in [2.75, 3.05) is 0 Å². The maximum Gasteiger partial charge on any atom is 0.573 e. The second-order valence-corrected chi connectivity index (χ2v) is 5.18. The standard InChI is InChI=1S/C13H9BrClF3N2O/c1-2-9-10(14)11(15)20-12(19-9)7-4-3-5-8(6-7)21-13(16,17)18/h3-6H,2H2,1H3. The minimum Gasteiger partial charge on any atom is -0.406 e. The lowest BCUT2D eigenvalue weighted by molar-refractivity contribution is -0.274. The molecule has 0 atom stereocenters. The maximum absolute atomic E-state index is 12.2. The molecule has 1 heterocycles. The van der Waals surface area contributed by atoms with Gasteiger partial charge in [-0.25, -0.2) is 9.97 Å². The highest BCUT2D eigenvalue weighted by Crippen LogP contribution is 2.30. The van der Waals surface area contributed by atoms with Crippen LogP contribution in [-0.4, -0.2) is 16.3 Å². The Kier molecular flexibility index (Phi) is 4.73. The summed E-state index contributed by atoms with van der Waals surface area (Å²) in [5.74, 6) is -0.0895. The van der Waals surface area contributed by atoms with Gasteiger partial charge in [-0.05, 0) is 34.5 Å². The molecule has 0 saturated heterocycles. The van der Waals surface area contributed by atoms with Crippen molar-refractivity contribution in [3.8, 4) is 17.1 Å². The third-order valence-electron chi connectivity index (χ3n) is 2.54. The van der Waals surface area contributed by atoms with Gasteiger partial charge in [-0.3, -0.25) is 0 Å². The summed E-state index contributed by atoms with van der Waals surface area (Å²) >= 11 is 9.26. The highest BCUT2D eigenvalue weighted by atomic mass is 79.9. The summed E-state index contributed by atoms with van der Waals surface area (Å²) in [5, 5.41) is 0.207. The van der Waals surface area contributed by atoms with Crippen molar-refractivity contribution in [1.29, 1.82) is 0 Å². The molecule has 21 heavy (non-hydrogen) atoms. The van der Waals surface area contributed by atoms with Crippen LogP contribution in [-0.2, 0) is 6.42 Å². The predicted molar refractivity (Wildman–Crippen MR) is 76.2 cm³/mol. The van der Waals surface area contributed by atoms with Crippen LogP contribution in [0.15, 0.2) is 28.7 Å². The zero-order chi connectivity index (χ0) is 15.6. The first kappa shape index (κ1) is 16.0. The van der Waals surface area contributed by atoms with Gasteiger partial charge >= 0.3 is 6.36 Å². The lowest BCUT2D eigenvalue weighted by atomic mass is 10.2. The van der Waals surface area contributed by atoms with E-state index in [2.05, 4.69) is 30.6 Å². The molecule has 112 valence electrons. The van der Waals surface area contributed by atoms with E-state index in [0.29, 0.717) is 22.2 Å². The van der Waals surface area contributed by atoms with Crippen LogP contribution in [0, 0.1) is 0 Å². The first-order chi connectivity index (χ1) is 9.80. The van der Waals surface area contributed by atoms with Gasteiger partial charge in [0.25, 0.3) is 0 Å². The number of halogens is 5. The number of nitrogens with zero attached hydrogens (tertiary/aromatic N) is 2. The fraction of sp³-hybridized carbons (Fsp3) is 0.231. The normalized spacial score (nSPS) is 11.5. The molecule has 2 aromatic rings. The second kappa shape index (κ2) is 6.19. The maximum atomic E-state index is 12.2. The molecular weight excluding hydrogens is 373 g/mol. The molecule has 0 N–H and O–H groups in total. The fourth-order valence-electron chi connectivity index (χ4n) is 1.66. The van der Waals surface area contributed by atoms with Gasteiger partial charge < -0.3 is 4.74 Å². The van der Waals surface area contributed by atoms with Crippen molar-refractivity contribution in [2.45, 2.75) is 19.7 Å². The molecule has 3 nitrogen and oxygen atoms in total. The van der Waals surface area contributed by atoms with Gasteiger partial charge in [0.05, 0.1) is 10.2 Å². The molecule has 0 aliphatic heterocycles. The summed E-state index contributed by atoms with van der Waals surface area (Å²) in [6.45, 7) is 1.89. The molecule has 1 aromatic heterocycles. The lowest BCUT2D eigenvalue weighted by Crippen LogP contribution is -2.17. The van der Waals surface area contributed by atoms with Crippen LogP contribution in [0.4, 0.5) is 13.2 Å². The van der Waals surface area contributed by atoms with Crippen LogP contribution in [0.5, 0.6) is 5.75 Å². The highest BCUT2D eigenvalue weighted by molar-refractivity contribution is 9.10. The molecule has 0 spiro atoms. The third-order valence-corrected chi connectivity index (χ3v) is 3.88. The topological polar surface area (TPSA) is 35.0 Å². The fourth-order valence-corrected chi connectivity index (χ4v) is 2.31. The zero-order valence-electron chi connectivity index (χ0n) is 10.7. The number of hydrogen-bond donors (Lipinski definition) is 0. The Labute approximate surface area is 132 Å². The summed E-state index contributed by atoms with van der Waals surface area (Å²) in [6.07, 6.45) is -4.14. The molecule has 0 aliphatic rings. The number of alkyl halides is 3. The van der Waals surface area contributed by atoms with Gasteiger partial charge in [0.2, 0.25) is 0 Å². The SMILES string of the molecule is CCc1nc(-c2cccc(OC(F)(F)F)c2)nc(Cl)c1Br. The van der Waals surface area contributed by atoms with E-state index >= 15 is 0 Å². The van der Waals surface area contributed by atoms with E-state index in [0.717, 1.165) is 0 Å². The summed E-state index contributed by atoms with van der Waals surface area (Å²) in [6, 6.07) is 5.44. The quantitative estimate of drug-likeness (QED) is 0.700. The highest BCUT2D eigenvalue weighted by Gasteiger charge is 2.31. The van der Waals surface area contributed by atoms with E-state index in [-0.39, 0.29) is 16.7 Å². The third kappa shape index (κ3) is 4.07. The second-order valence-electron chi connectivity index (χ2n) is 4.03.